The average molecular weight is 294 g/mol. The molecule has 4 rings (SSSR count). The van der Waals surface area contributed by atoms with E-state index in [1.165, 1.54) is 6.42 Å². The molecule has 2 spiro atoms. The molecule has 1 aromatic carbocycles. The maximum Gasteiger partial charge on any atom is 0.151 e. The zero-order valence-corrected chi connectivity index (χ0v) is 13.0. The number of fused-ring (bicyclic) bond motifs is 1. The van der Waals surface area contributed by atoms with Crippen molar-refractivity contribution in [1.82, 2.24) is 0 Å². The van der Waals surface area contributed by atoms with Crippen LogP contribution in [0.4, 0.5) is 0 Å². The molecule has 0 bridgehead atoms. The smallest absolute Gasteiger partial charge is 0.151 e. The van der Waals surface area contributed by atoms with Crippen LogP contribution >= 0.6 is 0 Å². The van der Waals surface area contributed by atoms with Crippen LogP contribution in [0.15, 0.2) is 30.8 Å². The first-order valence-corrected chi connectivity index (χ1v) is 8.42. The van der Waals surface area contributed by atoms with E-state index in [2.05, 4.69) is 6.58 Å². The summed E-state index contributed by atoms with van der Waals surface area (Å²) in [5, 5.41) is 0. The summed E-state index contributed by atoms with van der Waals surface area (Å²) in [7, 11) is 0. The highest BCUT2D eigenvalue weighted by Crippen LogP contribution is 2.56. The van der Waals surface area contributed by atoms with Gasteiger partial charge in [-0.1, -0.05) is 50.1 Å². The van der Waals surface area contributed by atoms with Crippen LogP contribution in [0.3, 0.4) is 0 Å². The second kappa shape index (κ2) is 4.65. The van der Waals surface area contributed by atoms with Crippen LogP contribution in [0.2, 0.25) is 0 Å². The Morgan fingerprint density at radius 1 is 0.864 bits per heavy atom. The Morgan fingerprint density at radius 2 is 1.50 bits per heavy atom. The Bertz CT molecular complexity index is 657. The fourth-order valence-electron chi connectivity index (χ4n) is 4.98. The molecule has 0 aromatic heterocycles. The molecule has 0 heterocycles. The highest BCUT2D eigenvalue weighted by atomic mass is 16.2. The van der Waals surface area contributed by atoms with Gasteiger partial charge in [-0.3, -0.25) is 9.59 Å². The molecule has 22 heavy (non-hydrogen) atoms. The number of benzene rings is 1. The normalized spacial score (nSPS) is 25.7. The SMILES string of the molecule is C=C1c2ccccc2CC12C(=O)CC1(CCCCC1)CC2=O. The molecule has 0 amide bonds. The first kappa shape index (κ1) is 13.9. The molecule has 2 fully saturated rings. The maximum atomic E-state index is 13.1. The highest BCUT2D eigenvalue weighted by Gasteiger charge is 2.58. The van der Waals surface area contributed by atoms with Gasteiger partial charge in [0.25, 0.3) is 0 Å². The van der Waals surface area contributed by atoms with Crippen LogP contribution in [0.1, 0.15) is 56.1 Å². The van der Waals surface area contributed by atoms with Gasteiger partial charge in [-0.2, -0.15) is 0 Å². The van der Waals surface area contributed by atoms with E-state index in [0.29, 0.717) is 19.3 Å². The van der Waals surface area contributed by atoms with Crippen molar-refractivity contribution in [2.45, 2.75) is 51.4 Å². The van der Waals surface area contributed by atoms with E-state index in [1.54, 1.807) is 0 Å². The summed E-state index contributed by atoms with van der Waals surface area (Å²) in [6.45, 7) is 4.17. The lowest BCUT2D eigenvalue weighted by molar-refractivity contribution is -0.145. The van der Waals surface area contributed by atoms with E-state index >= 15 is 0 Å². The summed E-state index contributed by atoms with van der Waals surface area (Å²) < 4.78 is 0. The third kappa shape index (κ3) is 1.73. The van der Waals surface area contributed by atoms with Crippen molar-refractivity contribution >= 4 is 17.1 Å². The van der Waals surface area contributed by atoms with Gasteiger partial charge in [0.2, 0.25) is 0 Å². The molecule has 0 unspecified atom stereocenters. The molecule has 2 nitrogen and oxygen atoms in total. The van der Waals surface area contributed by atoms with Gasteiger partial charge in [-0.05, 0) is 41.4 Å². The molecule has 3 aliphatic carbocycles. The zero-order chi connectivity index (χ0) is 15.4. The Morgan fingerprint density at radius 3 is 2.14 bits per heavy atom. The molecular formula is C20H22O2. The van der Waals surface area contributed by atoms with Gasteiger partial charge in [-0.25, -0.2) is 0 Å². The van der Waals surface area contributed by atoms with Crippen LogP contribution in [0.25, 0.3) is 5.57 Å². The van der Waals surface area contributed by atoms with Crippen LogP contribution in [-0.4, -0.2) is 11.6 Å². The van der Waals surface area contributed by atoms with Crippen molar-refractivity contribution in [3.63, 3.8) is 0 Å². The fraction of sp³-hybridized carbons (Fsp3) is 0.500. The monoisotopic (exact) mass is 294 g/mol. The third-order valence-electron chi connectivity index (χ3n) is 6.25. The summed E-state index contributed by atoms with van der Waals surface area (Å²) in [6.07, 6.45) is 7.34. The summed E-state index contributed by atoms with van der Waals surface area (Å²) in [6, 6.07) is 7.97. The van der Waals surface area contributed by atoms with E-state index < -0.39 is 5.41 Å². The largest absolute Gasteiger partial charge is 0.298 e. The molecule has 0 N–H and O–H groups in total. The minimum Gasteiger partial charge on any atom is -0.298 e. The minimum atomic E-state index is -0.938. The lowest BCUT2D eigenvalue weighted by atomic mass is 9.56. The zero-order valence-electron chi connectivity index (χ0n) is 13.0. The van der Waals surface area contributed by atoms with E-state index in [1.807, 2.05) is 24.3 Å². The summed E-state index contributed by atoms with van der Waals surface area (Å²) in [5.41, 5.74) is 1.90. The van der Waals surface area contributed by atoms with Crippen molar-refractivity contribution < 1.29 is 9.59 Å². The standard InChI is InChI=1S/C20H22O2/c1-14-16-8-4-3-7-15(16)11-20(14)17(21)12-19(13-18(20)22)9-5-2-6-10-19/h3-4,7-8H,1-2,5-6,9-13H2. The molecule has 2 heteroatoms. The summed E-state index contributed by atoms with van der Waals surface area (Å²) >= 11 is 0. The Hall–Kier alpha value is -1.70. The van der Waals surface area contributed by atoms with Gasteiger partial charge in [0, 0.05) is 12.8 Å². The van der Waals surface area contributed by atoms with E-state index in [4.69, 9.17) is 0 Å². The second-order valence-corrected chi connectivity index (χ2v) is 7.48. The summed E-state index contributed by atoms with van der Waals surface area (Å²) in [4.78, 5) is 26.2. The Labute approximate surface area is 131 Å². The Balaban J connectivity index is 1.72. The average Bonchev–Trinajstić information content (AvgIpc) is 2.81. The van der Waals surface area contributed by atoms with E-state index in [9.17, 15) is 9.59 Å². The number of carbonyl (C=O) groups excluding carboxylic acids is 2. The van der Waals surface area contributed by atoms with Crippen molar-refractivity contribution in [3.05, 3.63) is 42.0 Å². The number of allylic oxidation sites excluding steroid dienone is 1. The molecule has 0 saturated heterocycles. The van der Waals surface area contributed by atoms with Gasteiger partial charge in [-0.15, -0.1) is 0 Å². The van der Waals surface area contributed by atoms with Gasteiger partial charge >= 0.3 is 0 Å². The second-order valence-electron chi connectivity index (χ2n) is 7.48. The fourth-order valence-corrected chi connectivity index (χ4v) is 4.98. The maximum absolute atomic E-state index is 13.1. The number of rotatable bonds is 0. The number of hydrogen-bond donors (Lipinski definition) is 0. The van der Waals surface area contributed by atoms with E-state index in [0.717, 1.165) is 42.4 Å². The van der Waals surface area contributed by atoms with Crippen molar-refractivity contribution in [1.29, 1.82) is 0 Å². The first-order chi connectivity index (χ1) is 10.6. The number of hydrogen-bond acceptors (Lipinski definition) is 2. The summed E-state index contributed by atoms with van der Waals surface area (Å²) in [5.74, 6) is 0.263. The molecule has 0 radical (unpaired) electrons. The topological polar surface area (TPSA) is 34.1 Å². The van der Waals surface area contributed by atoms with Crippen LogP contribution in [0.5, 0.6) is 0 Å². The number of Topliss-reactive ketones (excluding diaryl/α,β-unsaturated/α-hetero) is 2. The highest BCUT2D eigenvalue weighted by molar-refractivity contribution is 6.20. The Kier molecular flexibility index (Phi) is 2.94. The lowest BCUT2D eigenvalue weighted by Gasteiger charge is -2.45. The predicted octanol–water partition coefficient (Wildman–Crippen LogP) is 4.12. The molecule has 3 aliphatic rings. The molecule has 114 valence electrons. The van der Waals surface area contributed by atoms with Crippen LogP contribution in [0, 0.1) is 10.8 Å². The quantitative estimate of drug-likeness (QED) is 0.674. The van der Waals surface area contributed by atoms with Crippen LogP contribution < -0.4 is 0 Å². The van der Waals surface area contributed by atoms with Crippen molar-refractivity contribution in [2.24, 2.45) is 10.8 Å². The van der Waals surface area contributed by atoms with E-state index in [-0.39, 0.29) is 17.0 Å². The molecule has 0 atom stereocenters. The first-order valence-electron chi connectivity index (χ1n) is 8.42. The molecule has 2 saturated carbocycles. The molecule has 0 aliphatic heterocycles. The lowest BCUT2D eigenvalue weighted by Crippen LogP contribution is -2.49. The molecule has 1 aromatic rings. The van der Waals surface area contributed by atoms with Gasteiger partial charge < -0.3 is 0 Å². The van der Waals surface area contributed by atoms with Crippen LogP contribution in [-0.2, 0) is 16.0 Å². The predicted molar refractivity (Wildman–Crippen MR) is 86.4 cm³/mol. The molecular weight excluding hydrogens is 272 g/mol. The van der Waals surface area contributed by atoms with Crippen molar-refractivity contribution in [2.75, 3.05) is 0 Å². The number of ketones is 2. The minimum absolute atomic E-state index is 0.0350. The van der Waals surface area contributed by atoms with Gasteiger partial charge in [0.1, 0.15) is 5.41 Å². The third-order valence-corrected chi connectivity index (χ3v) is 6.25. The van der Waals surface area contributed by atoms with Crippen molar-refractivity contribution in [3.8, 4) is 0 Å². The van der Waals surface area contributed by atoms with Gasteiger partial charge in [0.15, 0.2) is 11.6 Å². The number of carbonyl (C=O) groups is 2. The van der Waals surface area contributed by atoms with Gasteiger partial charge in [0.05, 0.1) is 0 Å².